The van der Waals surface area contributed by atoms with Crippen molar-refractivity contribution in [2.24, 2.45) is 0 Å². The van der Waals surface area contributed by atoms with Crippen LogP contribution < -0.4 is 0 Å². The highest BCUT2D eigenvalue weighted by Crippen LogP contribution is 2.09. The lowest BCUT2D eigenvalue weighted by molar-refractivity contribution is 0.420. The lowest BCUT2D eigenvalue weighted by atomic mass is 10.2. The summed E-state index contributed by atoms with van der Waals surface area (Å²) in [6.07, 6.45) is 0. The first kappa shape index (κ1) is 9.71. The van der Waals surface area contributed by atoms with Crippen LogP contribution in [-0.2, 0) is 15.3 Å². The maximum absolute atomic E-state index is 11.2. The molecule has 0 aliphatic rings. The van der Waals surface area contributed by atoms with Crippen LogP contribution in [0.2, 0.25) is 0 Å². The number of rotatable bonds is 3. The average molecular weight is 205 g/mol. The summed E-state index contributed by atoms with van der Waals surface area (Å²) >= 11 is 3.84. The fourth-order valence-corrected chi connectivity index (χ4v) is 1.58. The minimum Gasteiger partial charge on any atom is -0.270 e. The van der Waals surface area contributed by atoms with Crippen LogP contribution in [0, 0.1) is 6.92 Å². The van der Waals surface area contributed by atoms with Crippen molar-refractivity contribution in [3.63, 3.8) is 0 Å². The topological polar surface area (TPSA) is 26.3 Å². The summed E-state index contributed by atoms with van der Waals surface area (Å²) in [4.78, 5) is 0.640. The van der Waals surface area contributed by atoms with Crippen molar-refractivity contribution < 1.29 is 8.39 Å². The molecule has 0 heterocycles. The van der Waals surface area contributed by atoms with Gasteiger partial charge in [-0.1, -0.05) is 29.3 Å². The van der Waals surface area contributed by atoms with E-state index >= 15 is 0 Å². The highest BCUT2D eigenvalue weighted by molar-refractivity contribution is 7.80. The summed E-state index contributed by atoms with van der Waals surface area (Å²) in [6.45, 7) is 1.97. The minimum atomic E-state index is -1.42. The van der Waals surface area contributed by atoms with Gasteiger partial charge in [-0.05, 0) is 19.1 Å². The molecule has 0 aromatic heterocycles. The van der Waals surface area contributed by atoms with E-state index in [1.807, 2.05) is 19.1 Å². The lowest BCUT2D eigenvalue weighted by Gasteiger charge is -1.99. The predicted octanol–water partition coefficient (Wildman–Crippen LogP) is 2.23. The van der Waals surface area contributed by atoms with Crippen molar-refractivity contribution in [3.8, 4) is 0 Å². The molecule has 4 heteroatoms. The summed E-state index contributed by atoms with van der Waals surface area (Å²) in [7, 11) is 0. The molecule has 0 bridgehead atoms. The SMILES string of the molecule is Cc1ccc(S(=O)OCCl)cc1. The van der Waals surface area contributed by atoms with Crippen LogP contribution in [0.3, 0.4) is 0 Å². The van der Waals surface area contributed by atoms with E-state index < -0.39 is 11.1 Å². The van der Waals surface area contributed by atoms with Crippen molar-refractivity contribution in [2.75, 3.05) is 6.07 Å². The molecule has 2 nitrogen and oxygen atoms in total. The molecule has 1 unspecified atom stereocenters. The zero-order valence-corrected chi connectivity index (χ0v) is 8.19. The van der Waals surface area contributed by atoms with Crippen molar-refractivity contribution >= 4 is 22.7 Å². The van der Waals surface area contributed by atoms with Gasteiger partial charge in [-0.15, -0.1) is 0 Å². The zero-order chi connectivity index (χ0) is 8.97. The summed E-state index contributed by atoms with van der Waals surface area (Å²) < 4.78 is 15.9. The highest BCUT2D eigenvalue weighted by atomic mass is 35.5. The predicted molar refractivity (Wildman–Crippen MR) is 49.4 cm³/mol. The summed E-state index contributed by atoms with van der Waals surface area (Å²) in [5, 5.41) is 0. The van der Waals surface area contributed by atoms with Crippen LogP contribution in [0.5, 0.6) is 0 Å². The fraction of sp³-hybridized carbons (Fsp3) is 0.250. The molecule has 1 rings (SSSR count). The molecule has 0 saturated carbocycles. The number of alkyl halides is 1. The number of aryl methyl sites for hydroxylation is 1. The fourth-order valence-electron chi connectivity index (χ4n) is 0.758. The Balaban J connectivity index is 2.75. The maximum atomic E-state index is 11.2. The molecule has 12 heavy (non-hydrogen) atoms. The molecule has 0 amide bonds. The lowest BCUT2D eigenvalue weighted by Crippen LogP contribution is -1.95. The second kappa shape index (κ2) is 4.60. The largest absolute Gasteiger partial charge is 0.270 e. The monoisotopic (exact) mass is 204 g/mol. The zero-order valence-electron chi connectivity index (χ0n) is 6.62. The van der Waals surface area contributed by atoms with Crippen molar-refractivity contribution in [3.05, 3.63) is 29.8 Å². The van der Waals surface area contributed by atoms with E-state index in [9.17, 15) is 4.21 Å². The Morgan fingerprint density at radius 1 is 1.42 bits per heavy atom. The molecular formula is C8H9ClO2S. The van der Waals surface area contributed by atoms with Gasteiger partial charge in [-0.3, -0.25) is 4.18 Å². The second-order valence-electron chi connectivity index (χ2n) is 2.27. The van der Waals surface area contributed by atoms with Crippen LogP contribution in [0.15, 0.2) is 29.2 Å². The van der Waals surface area contributed by atoms with E-state index in [0.717, 1.165) is 5.56 Å². The number of hydrogen-bond donors (Lipinski definition) is 0. The highest BCUT2D eigenvalue weighted by Gasteiger charge is 2.01. The normalized spacial score (nSPS) is 12.8. The molecule has 0 aliphatic heterocycles. The number of hydrogen-bond acceptors (Lipinski definition) is 2. The standard InChI is InChI=1S/C8H9ClO2S/c1-7-2-4-8(5-3-7)12(10)11-6-9/h2-5H,6H2,1H3. The first-order valence-electron chi connectivity index (χ1n) is 3.41. The first-order chi connectivity index (χ1) is 5.74. The molecular weight excluding hydrogens is 196 g/mol. The van der Waals surface area contributed by atoms with Crippen molar-refractivity contribution in [2.45, 2.75) is 11.8 Å². The molecule has 0 fully saturated rings. The summed E-state index contributed by atoms with van der Waals surface area (Å²) in [5.74, 6) is 0. The smallest absolute Gasteiger partial charge is 0.190 e. The van der Waals surface area contributed by atoms with Crippen LogP contribution in [0.4, 0.5) is 0 Å². The average Bonchev–Trinajstić information content (AvgIpc) is 2.06. The van der Waals surface area contributed by atoms with Gasteiger partial charge in [0.05, 0.1) is 4.90 Å². The van der Waals surface area contributed by atoms with E-state index in [-0.39, 0.29) is 6.07 Å². The van der Waals surface area contributed by atoms with Gasteiger partial charge in [-0.25, -0.2) is 4.21 Å². The molecule has 1 atom stereocenters. The Labute approximate surface area is 79.2 Å². The third-order valence-corrected chi connectivity index (χ3v) is 2.59. The van der Waals surface area contributed by atoms with Gasteiger partial charge < -0.3 is 0 Å². The molecule has 66 valence electrons. The van der Waals surface area contributed by atoms with Gasteiger partial charge in [0.1, 0.15) is 6.07 Å². The Bertz CT molecular complexity index is 271. The molecule has 0 saturated heterocycles. The molecule has 0 radical (unpaired) electrons. The van der Waals surface area contributed by atoms with Crippen LogP contribution in [0.25, 0.3) is 0 Å². The van der Waals surface area contributed by atoms with Gasteiger partial charge in [-0.2, -0.15) is 0 Å². The Kier molecular flexibility index (Phi) is 3.72. The van der Waals surface area contributed by atoms with Crippen molar-refractivity contribution in [1.29, 1.82) is 0 Å². The van der Waals surface area contributed by atoms with E-state index in [4.69, 9.17) is 15.8 Å². The van der Waals surface area contributed by atoms with Gasteiger partial charge >= 0.3 is 0 Å². The Morgan fingerprint density at radius 3 is 2.50 bits per heavy atom. The quantitative estimate of drug-likeness (QED) is 0.706. The summed E-state index contributed by atoms with van der Waals surface area (Å²) in [6, 6.07) is 7.23. The van der Waals surface area contributed by atoms with Crippen LogP contribution in [-0.4, -0.2) is 10.3 Å². The Hall–Kier alpha value is -0.380. The molecule has 1 aromatic rings. The second-order valence-corrected chi connectivity index (χ2v) is 3.67. The van der Waals surface area contributed by atoms with Crippen LogP contribution in [0.1, 0.15) is 5.56 Å². The van der Waals surface area contributed by atoms with E-state index in [0.29, 0.717) is 4.90 Å². The first-order valence-corrected chi connectivity index (χ1v) is 5.02. The van der Waals surface area contributed by atoms with Crippen molar-refractivity contribution in [1.82, 2.24) is 0 Å². The molecule has 0 N–H and O–H groups in total. The molecule has 0 spiro atoms. The molecule has 1 aromatic carbocycles. The maximum Gasteiger partial charge on any atom is 0.190 e. The summed E-state index contributed by atoms with van der Waals surface area (Å²) in [5.41, 5.74) is 1.13. The Morgan fingerprint density at radius 2 is 2.00 bits per heavy atom. The van der Waals surface area contributed by atoms with E-state index in [1.54, 1.807) is 12.1 Å². The van der Waals surface area contributed by atoms with Crippen LogP contribution >= 0.6 is 11.6 Å². The minimum absolute atomic E-state index is 0.0551. The third-order valence-electron chi connectivity index (χ3n) is 1.37. The van der Waals surface area contributed by atoms with Gasteiger partial charge in [0.25, 0.3) is 0 Å². The number of benzene rings is 1. The van der Waals surface area contributed by atoms with E-state index in [1.165, 1.54) is 0 Å². The third kappa shape index (κ3) is 2.59. The number of halogens is 1. The molecule has 0 aliphatic carbocycles. The van der Waals surface area contributed by atoms with Gasteiger partial charge in [0.2, 0.25) is 0 Å². The van der Waals surface area contributed by atoms with E-state index in [2.05, 4.69) is 0 Å². The van der Waals surface area contributed by atoms with Gasteiger partial charge in [0.15, 0.2) is 11.1 Å². The van der Waals surface area contributed by atoms with Gasteiger partial charge in [0, 0.05) is 0 Å².